The third kappa shape index (κ3) is 2.25. The molecule has 4 rings (SSSR count). The van der Waals surface area contributed by atoms with Crippen LogP contribution in [0.1, 0.15) is 37.0 Å². The Hall–Kier alpha value is -2.49. The lowest BCUT2D eigenvalue weighted by molar-refractivity contribution is 0.437. The SMILES string of the molecule is CCC1(C)Cc2c(F)cccc2C(c2cnn3cccc3c2)=N1. The van der Waals surface area contributed by atoms with Crippen molar-refractivity contribution in [1.82, 2.24) is 9.61 Å². The first kappa shape index (κ1) is 14.1. The van der Waals surface area contributed by atoms with Crippen molar-refractivity contribution in [2.75, 3.05) is 0 Å². The molecule has 3 aromatic rings. The molecule has 0 amide bonds. The van der Waals surface area contributed by atoms with Gasteiger partial charge in [0.15, 0.2) is 0 Å². The summed E-state index contributed by atoms with van der Waals surface area (Å²) in [5.74, 6) is -0.147. The third-order valence-corrected chi connectivity index (χ3v) is 4.73. The predicted molar refractivity (Wildman–Crippen MR) is 89.6 cm³/mol. The van der Waals surface area contributed by atoms with Crippen LogP contribution in [0.25, 0.3) is 5.52 Å². The first-order chi connectivity index (χ1) is 11.1. The summed E-state index contributed by atoms with van der Waals surface area (Å²) in [5.41, 5.74) is 4.14. The molecule has 0 fully saturated rings. The van der Waals surface area contributed by atoms with Gasteiger partial charge >= 0.3 is 0 Å². The number of rotatable bonds is 2. The number of aromatic nitrogens is 2. The lowest BCUT2D eigenvalue weighted by atomic mass is 9.82. The van der Waals surface area contributed by atoms with Crippen LogP contribution < -0.4 is 0 Å². The maximum atomic E-state index is 14.4. The van der Waals surface area contributed by atoms with Gasteiger partial charge in [-0.3, -0.25) is 4.99 Å². The summed E-state index contributed by atoms with van der Waals surface area (Å²) in [6.07, 6.45) is 5.22. The Bertz CT molecular complexity index is 925. The number of benzene rings is 1. The molecule has 1 aliphatic rings. The summed E-state index contributed by atoms with van der Waals surface area (Å²) in [5, 5.41) is 4.43. The maximum Gasteiger partial charge on any atom is 0.127 e. The second-order valence-electron chi connectivity index (χ2n) is 6.38. The quantitative estimate of drug-likeness (QED) is 0.703. The molecule has 116 valence electrons. The summed E-state index contributed by atoms with van der Waals surface area (Å²) < 4.78 is 16.2. The van der Waals surface area contributed by atoms with Gasteiger partial charge < -0.3 is 0 Å². The maximum absolute atomic E-state index is 14.4. The smallest absolute Gasteiger partial charge is 0.127 e. The highest BCUT2D eigenvalue weighted by Gasteiger charge is 2.31. The lowest BCUT2D eigenvalue weighted by Gasteiger charge is -2.31. The molecular formula is C19H18FN3. The molecule has 0 radical (unpaired) electrons. The molecule has 1 unspecified atom stereocenters. The van der Waals surface area contributed by atoms with E-state index in [1.807, 2.05) is 35.1 Å². The molecule has 1 aliphatic heterocycles. The Morgan fingerprint density at radius 3 is 2.96 bits per heavy atom. The van der Waals surface area contributed by atoms with Gasteiger partial charge in [0.1, 0.15) is 5.82 Å². The second-order valence-corrected chi connectivity index (χ2v) is 6.38. The first-order valence-corrected chi connectivity index (χ1v) is 7.91. The molecule has 0 spiro atoms. The number of hydrogen-bond acceptors (Lipinski definition) is 2. The fraction of sp³-hybridized carbons (Fsp3) is 0.263. The minimum Gasteiger partial charge on any atom is -0.277 e. The zero-order valence-electron chi connectivity index (χ0n) is 13.3. The molecule has 2 aromatic heterocycles. The van der Waals surface area contributed by atoms with Crippen LogP contribution in [0.3, 0.4) is 0 Å². The summed E-state index contributed by atoms with van der Waals surface area (Å²) in [7, 11) is 0. The van der Waals surface area contributed by atoms with Crippen LogP contribution in [-0.4, -0.2) is 20.9 Å². The zero-order valence-corrected chi connectivity index (χ0v) is 13.3. The number of fused-ring (bicyclic) bond motifs is 2. The minimum atomic E-state index is -0.279. The highest BCUT2D eigenvalue weighted by molar-refractivity contribution is 6.14. The fourth-order valence-electron chi connectivity index (χ4n) is 3.19. The van der Waals surface area contributed by atoms with Crippen molar-refractivity contribution < 1.29 is 4.39 Å². The van der Waals surface area contributed by atoms with Crippen LogP contribution in [0, 0.1) is 5.82 Å². The largest absolute Gasteiger partial charge is 0.277 e. The monoisotopic (exact) mass is 307 g/mol. The van der Waals surface area contributed by atoms with E-state index in [0.29, 0.717) is 6.42 Å². The fourth-order valence-corrected chi connectivity index (χ4v) is 3.19. The summed E-state index contributed by atoms with van der Waals surface area (Å²) in [4.78, 5) is 4.98. The van der Waals surface area contributed by atoms with Crippen molar-refractivity contribution in [2.24, 2.45) is 4.99 Å². The van der Waals surface area contributed by atoms with Crippen molar-refractivity contribution in [1.29, 1.82) is 0 Å². The summed E-state index contributed by atoms with van der Waals surface area (Å²) in [6, 6.07) is 11.3. The molecule has 0 N–H and O–H groups in total. The van der Waals surface area contributed by atoms with Crippen molar-refractivity contribution in [2.45, 2.75) is 32.2 Å². The van der Waals surface area contributed by atoms with Crippen molar-refractivity contribution >= 4 is 11.2 Å². The zero-order chi connectivity index (χ0) is 16.0. The number of halogens is 1. The van der Waals surface area contributed by atoms with Crippen LogP contribution in [0.15, 0.2) is 53.8 Å². The van der Waals surface area contributed by atoms with Gasteiger partial charge in [-0.15, -0.1) is 0 Å². The van der Waals surface area contributed by atoms with Gasteiger partial charge in [-0.25, -0.2) is 8.91 Å². The van der Waals surface area contributed by atoms with E-state index in [-0.39, 0.29) is 11.4 Å². The van der Waals surface area contributed by atoms with Crippen LogP contribution in [0.4, 0.5) is 4.39 Å². The van der Waals surface area contributed by atoms with E-state index in [0.717, 1.165) is 34.3 Å². The summed E-state index contributed by atoms with van der Waals surface area (Å²) in [6.45, 7) is 4.19. The molecule has 4 heteroatoms. The number of aliphatic imine (C=N–C) groups is 1. The Balaban J connectivity index is 1.95. The molecule has 3 nitrogen and oxygen atoms in total. The van der Waals surface area contributed by atoms with Gasteiger partial charge in [0.25, 0.3) is 0 Å². The molecule has 23 heavy (non-hydrogen) atoms. The standard InChI is InChI=1S/C19H18FN3/c1-3-19(2)11-16-15(7-4-8-17(16)20)18(22-19)13-10-14-6-5-9-23(14)21-12-13/h4-10,12H,3,11H2,1-2H3. The van der Waals surface area contributed by atoms with E-state index >= 15 is 0 Å². The normalized spacial score (nSPS) is 20.4. The molecule has 0 saturated heterocycles. The van der Waals surface area contributed by atoms with Crippen LogP contribution >= 0.6 is 0 Å². The van der Waals surface area contributed by atoms with Gasteiger partial charge in [0.2, 0.25) is 0 Å². The summed E-state index contributed by atoms with van der Waals surface area (Å²) >= 11 is 0. The van der Waals surface area contributed by atoms with E-state index < -0.39 is 0 Å². The Kier molecular flexibility index (Phi) is 3.08. The van der Waals surface area contributed by atoms with Crippen molar-refractivity contribution in [3.8, 4) is 0 Å². The Morgan fingerprint density at radius 1 is 1.26 bits per heavy atom. The topological polar surface area (TPSA) is 29.7 Å². The predicted octanol–water partition coefficient (Wildman–Crippen LogP) is 4.04. The van der Waals surface area contributed by atoms with Gasteiger partial charge in [0, 0.05) is 23.7 Å². The van der Waals surface area contributed by atoms with Gasteiger partial charge in [0.05, 0.1) is 23.0 Å². The third-order valence-electron chi connectivity index (χ3n) is 4.73. The van der Waals surface area contributed by atoms with Gasteiger partial charge in [-0.1, -0.05) is 19.1 Å². The van der Waals surface area contributed by atoms with E-state index in [1.54, 1.807) is 6.07 Å². The van der Waals surface area contributed by atoms with Crippen LogP contribution in [-0.2, 0) is 6.42 Å². The minimum absolute atomic E-state index is 0.147. The van der Waals surface area contributed by atoms with E-state index in [2.05, 4.69) is 25.0 Å². The second kappa shape index (κ2) is 5.01. The molecule has 3 heterocycles. The molecule has 1 aromatic carbocycles. The van der Waals surface area contributed by atoms with E-state index in [1.165, 1.54) is 6.07 Å². The Morgan fingerprint density at radius 2 is 2.13 bits per heavy atom. The molecule has 0 saturated carbocycles. The van der Waals surface area contributed by atoms with E-state index in [9.17, 15) is 4.39 Å². The Labute approximate surface area is 134 Å². The van der Waals surface area contributed by atoms with Crippen LogP contribution in [0.2, 0.25) is 0 Å². The van der Waals surface area contributed by atoms with Crippen molar-refractivity contribution in [3.63, 3.8) is 0 Å². The highest BCUT2D eigenvalue weighted by atomic mass is 19.1. The molecule has 1 atom stereocenters. The first-order valence-electron chi connectivity index (χ1n) is 7.91. The molecular weight excluding hydrogens is 289 g/mol. The molecule has 0 aliphatic carbocycles. The van der Waals surface area contributed by atoms with Gasteiger partial charge in [-0.2, -0.15) is 5.10 Å². The number of nitrogens with zero attached hydrogens (tertiary/aromatic N) is 3. The van der Waals surface area contributed by atoms with Gasteiger partial charge in [-0.05, 0) is 43.2 Å². The average molecular weight is 307 g/mol. The number of hydrogen-bond donors (Lipinski definition) is 0. The highest BCUT2D eigenvalue weighted by Crippen LogP contribution is 2.33. The lowest BCUT2D eigenvalue weighted by Crippen LogP contribution is -2.32. The van der Waals surface area contributed by atoms with Crippen molar-refractivity contribution in [3.05, 3.63) is 71.3 Å². The molecule has 0 bridgehead atoms. The average Bonchev–Trinajstić information content (AvgIpc) is 3.03. The van der Waals surface area contributed by atoms with E-state index in [4.69, 9.17) is 4.99 Å². The van der Waals surface area contributed by atoms with Crippen LogP contribution in [0.5, 0.6) is 0 Å².